The molecule has 0 saturated heterocycles. The van der Waals surface area contributed by atoms with Crippen LogP contribution in [0.15, 0.2) is 78.9 Å². The minimum absolute atomic E-state index is 0.375. The number of hydrogen-bond acceptors (Lipinski definition) is 5. The zero-order valence-electron chi connectivity index (χ0n) is 16.8. The van der Waals surface area contributed by atoms with Crippen molar-refractivity contribution in [3.05, 3.63) is 84.4 Å². The number of nitrogens with two attached hydrogens (primary N) is 1. The van der Waals surface area contributed by atoms with Gasteiger partial charge in [-0.15, -0.1) is 0 Å². The van der Waals surface area contributed by atoms with E-state index in [0.717, 1.165) is 5.56 Å². The molecule has 2 N–H and O–H groups in total. The first-order chi connectivity index (χ1) is 13.9. The minimum atomic E-state index is -0.902. The van der Waals surface area contributed by atoms with E-state index in [4.69, 9.17) is 19.9 Å². The van der Waals surface area contributed by atoms with Crippen molar-refractivity contribution in [2.45, 2.75) is 19.9 Å². The molecule has 29 heavy (non-hydrogen) atoms. The van der Waals surface area contributed by atoms with Crippen LogP contribution in [-0.4, -0.2) is 13.1 Å². The lowest BCUT2D eigenvalue weighted by molar-refractivity contribution is -0.152. The van der Waals surface area contributed by atoms with Crippen molar-refractivity contribution in [2.24, 2.45) is 11.1 Å². The molecule has 0 aliphatic carbocycles. The zero-order chi connectivity index (χ0) is 20.9. The Morgan fingerprint density at radius 2 is 1.34 bits per heavy atom. The van der Waals surface area contributed by atoms with Crippen molar-refractivity contribution >= 4 is 5.97 Å². The minimum Gasteiger partial charge on any atom is -0.469 e. The van der Waals surface area contributed by atoms with E-state index in [1.54, 1.807) is 26.0 Å². The topological polar surface area (TPSA) is 70.8 Å². The summed E-state index contributed by atoms with van der Waals surface area (Å²) < 4.78 is 17.0. The van der Waals surface area contributed by atoms with Crippen LogP contribution in [0.2, 0.25) is 0 Å². The molecule has 0 aromatic heterocycles. The lowest BCUT2D eigenvalue weighted by atomic mass is 9.81. The monoisotopic (exact) mass is 391 g/mol. The molecule has 0 unspecified atom stereocenters. The molecule has 0 saturated carbocycles. The van der Waals surface area contributed by atoms with Gasteiger partial charge in [-0.3, -0.25) is 4.79 Å². The molecule has 3 rings (SSSR count). The van der Waals surface area contributed by atoms with E-state index >= 15 is 0 Å². The third kappa shape index (κ3) is 4.76. The van der Waals surface area contributed by atoms with Gasteiger partial charge in [-0.2, -0.15) is 0 Å². The Morgan fingerprint density at radius 3 is 1.86 bits per heavy atom. The summed E-state index contributed by atoms with van der Waals surface area (Å²) in [6.45, 7) is 3.52. The first-order valence-electron chi connectivity index (χ1n) is 9.35. The second kappa shape index (κ2) is 8.80. The maximum absolute atomic E-state index is 12.2. The number of esters is 1. The van der Waals surface area contributed by atoms with Gasteiger partial charge in [0.25, 0.3) is 0 Å². The molecule has 150 valence electrons. The van der Waals surface area contributed by atoms with Crippen LogP contribution >= 0.6 is 0 Å². The fourth-order valence-electron chi connectivity index (χ4n) is 2.92. The van der Waals surface area contributed by atoms with Crippen LogP contribution in [0.3, 0.4) is 0 Å². The number of carbonyl (C=O) groups excluding carboxylic acids is 1. The highest BCUT2D eigenvalue weighted by Crippen LogP contribution is 2.40. The van der Waals surface area contributed by atoms with E-state index < -0.39 is 11.5 Å². The van der Waals surface area contributed by atoms with E-state index in [1.165, 1.54) is 7.11 Å². The Kier molecular flexibility index (Phi) is 6.20. The number of benzene rings is 3. The van der Waals surface area contributed by atoms with Crippen molar-refractivity contribution in [1.29, 1.82) is 0 Å². The summed E-state index contributed by atoms with van der Waals surface area (Å²) in [5.41, 5.74) is 6.26. The predicted octanol–water partition coefficient (Wildman–Crippen LogP) is 5.47. The second-order valence-electron chi connectivity index (χ2n) is 7.23. The fourth-order valence-corrected chi connectivity index (χ4v) is 2.92. The molecular weight excluding hydrogens is 366 g/mol. The average molecular weight is 391 g/mol. The highest BCUT2D eigenvalue weighted by Gasteiger charge is 2.37. The first kappa shape index (κ1) is 20.4. The molecule has 0 bridgehead atoms. The zero-order valence-corrected chi connectivity index (χ0v) is 16.8. The molecule has 0 radical (unpaired) electrons. The van der Waals surface area contributed by atoms with Crippen LogP contribution in [-0.2, 0) is 9.53 Å². The lowest BCUT2D eigenvalue weighted by Crippen LogP contribution is -2.37. The van der Waals surface area contributed by atoms with Gasteiger partial charge in [0.1, 0.15) is 11.5 Å². The molecule has 0 amide bonds. The quantitative estimate of drug-likeness (QED) is 0.541. The van der Waals surface area contributed by atoms with Crippen LogP contribution in [0.5, 0.6) is 23.0 Å². The third-order valence-electron chi connectivity index (χ3n) is 4.76. The van der Waals surface area contributed by atoms with Gasteiger partial charge in [-0.1, -0.05) is 42.5 Å². The van der Waals surface area contributed by atoms with Gasteiger partial charge < -0.3 is 19.9 Å². The number of carbonyl (C=O) groups is 1. The van der Waals surface area contributed by atoms with Crippen molar-refractivity contribution in [1.82, 2.24) is 0 Å². The van der Waals surface area contributed by atoms with Gasteiger partial charge in [0.15, 0.2) is 11.5 Å². The Labute approximate surface area is 171 Å². The molecule has 1 atom stereocenters. The first-order valence-corrected chi connectivity index (χ1v) is 9.35. The second-order valence-corrected chi connectivity index (χ2v) is 7.23. The third-order valence-corrected chi connectivity index (χ3v) is 4.76. The van der Waals surface area contributed by atoms with Crippen molar-refractivity contribution in [3.63, 3.8) is 0 Å². The SMILES string of the molecule is COC(=O)C(C)(C)[C@H](N)c1ccc(Oc2ccccc2)c(Oc2ccccc2)c1. The van der Waals surface area contributed by atoms with Gasteiger partial charge in [0, 0.05) is 6.04 Å². The van der Waals surface area contributed by atoms with Crippen LogP contribution in [0.4, 0.5) is 0 Å². The van der Waals surface area contributed by atoms with E-state index in [1.807, 2.05) is 66.7 Å². The summed E-state index contributed by atoms with van der Waals surface area (Å²) in [6.07, 6.45) is 0. The Morgan fingerprint density at radius 1 is 0.828 bits per heavy atom. The van der Waals surface area contributed by atoms with Crippen LogP contribution in [0.25, 0.3) is 0 Å². The summed E-state index contributed by atoms with van der Waals surface area (Å²) >= 11 is 0. The molecule has 3 aromatic rings. The smallest absolute Gasteiger partial charge is 0.313 e. The molecule has 3 aromatic carbocycles. The van der Waals surface area contributed by atoms with Crippen LogP contribution in [0, 0.1) is 5.41 Å². The van der Waals surface area contributed by atoms with Crippen LogP contribution in [0.1, 0.15) is 25.5 Å². The number of methoxy groups -OCH3 is 1. The van der Waals surface area contributed by atoms with Gasteiger partial charge in [0.05, 0.1) is 12.5 Å². The van der Waals surface area contributed by atoms with Gasteiger partial charge in [-0.05, 0) is 55.8 Å². The number of rotatable bonds is 7. The van der Waals surface area contributed by atoms with E-state index in [0.29, 0.717) is 23.0 Å². The molecule has 0 aliphatic heterocycles. The molecular formula is C24H25NO4. The Bertz CT molecular complexity index is 955. The normalized spacial score (nSPS) is 12.1. The summed E-state index contributed by atoms with van der Waals surface area (Å²) in [5, 5.41) is 0. The maximum Gasteiger partial charge on any atom is 0.313 e. The molecule has 5 nitrogen and oxygen atoms in total. The molecule has 0 fully saturated rings. The largest absolute Gasteiger partial charge is 0.469 e. The highest BCUT2D eigenvalue weighted by molar-refractivity contribution is 5.77. The van der Waals surface area contributed by atoms with E-state index in [9.17, 15) is 4.79 Å². The van der Waals surface area contributed by atoms with Crippen molar-refractivity contribution in [2.75, 3.05) is 7.11 Å². The molecule has 0 spiro atoms. The summed E-state index contributed by atoms with van der Waals surface area (Å²) in [4.78, 5) is 12.2. The van der Waals surface area contributed by atoms with Gasteiger partial charge >= 0.3 is 5.97 Å². The average Bonchev–Trinajstić information content (AvgIpc) is 2.75. The number of ether oxygens (including phenoxy) is 3. The maximum atomic E-state index is 12.2. The number of para-hydroxylation sites is 2. The molecule has 5 heteroatoms. The molecule has 0 aliphatic rings. The summed E-state index contributed by atoms with van der Waals surface area (Å²) in [5.74, 6) is 2.04. The highest BCUT2D eigenvalue weighted by atomic mass is 16.5. The Balaban J connectivity index is 1.98. The lowest BCUT2D eigenvalue weighted by Gasteiger charge is -2.29. The predicted molar refractivity (Wildman–Crippen MR) is 112 cm³/mol. The van der Waals surface area contributed by atoms with Gasteiger partial charge in [0.2, 0.25) is 0 Å². The molecule has 0 heterocycles. The standard InChI is InChI=1S/C24H25NO4/c1-24(2,23(26)27-3)22(25)17-14-15-20(28-18-10-6-4-7-11-18)21(16-17)29-19-12-8-5-9-13-19/h4-16,22H,25H2,1-3H3/t22-/m1/s1. The van der Waals surface area contributed by atoms with Crippen LogP contribution < -0.4 is 15.2 Å². The van der Waals surface area contributed by atoms with E-state index in [-0.39, 0.29) is 5.97 Å². The van der Waals surface area contributed by atoms with E-state index in [2.05, 4.69) is 0 Å². The van der Waals surface area contributed by atoms with Gasteiger partial charge in [-0.25, -0.2) is 0 Å². The van der Waals surface area contributed by atoms with Crippen molar-refractivity contribution < 1.29 is 19.0 Å². The Hall–Kier alpha value is -3.31. The summed E-state index contributed by atoms with van der Waals surface area (Å²) in [6, 6.07) is 23.7. The number of hydrogen-bond donors (Lipinski definition) is 1. The summed E-state index contributed by atoms with van der Waals surface area (Å²) in [7, 11) is 1.36. The van der Waals surface area contributed by atoms with Crippen molar-refractivity contribution in [3.8, 4) is 23.0 Å². The fraction of sp³-hybridized carbons (Fsp3) is 0.208.